The number of rotatable bonds is 4. The molecule has 0 saturated carbocycles. The molecule has 0 bridgehead atoms. The van der Waals surface area contributed by atoms with Gasteiger partial charge < -0.3 is 5.32 Å². The Labute approximate surface area is 130 Å². The number of nitrogens with one attached hydrogen (secondary N) is 1. The Kier molecular flexibility index (Phi) is 4.27. The van der Waals surface area contributed by atoms with Crippen LogP contribution in [0.4, 0.5) is 4.39 Å². The van der Waals surface area contributed by atoms with Crippen molar-refractivity contribution in [2.45, 2.75) is 38.3 Å². The maximum Gasteiger partial charge on any atom is 0.123 e. The molecule has 1 aliphatic rings. The van der Waals surface area contributed by atoms with E-state index in [1.54, 1.807) is 0 Å². The third-order valence-corrected chi connectivity index (χ3v) is 4.31. The standard InChI is InChI=1S/C18H19ClFN/c1-12(8-13-2-6-17(20)7-3-13)21-18-10-14-4-5-16(19)9-15(14)11-18/h2-7,9,12,18,21H,8,10-11H2,1H3. The van der Waals surface area contributed by atoms with Gasteiger partial charge in [-0.15, -0.1) is 0 Å². The molecule has 3 heteroatoms. The molecule has 0 aliphatic heterocycles. The summed E-state index contributed by atoms with van der Waals surface area (Å²) in [6, 6.07) is 13.8. The molecule has 0 heterocycles. The van der Waals surface area contributed by atoms with Crippen LogP contribution in [0.3, 0.4) is 0 Å². The highest BCUT2D eigenvalue weighted by Crippen LogP contribution is 2.25. The molecule has 0 spiro atoms. The number of hydrogen-bond acceptors (Lipinski definition) is 1. The van der Waals surface area contributed by atoms with Gasteiger partial charge in [0.15, 0.2) is 0 Å². The van der Waals surface area contributed by atoms with Crippen molar-refractivity contribution in [3.63, 3.8) is 0 Å². The van der Waals surface area contributed by atoms with Gasteiger partial charge in [0.1, 0.15) is 5.82 Å². The monoisotopic (exact) mass is 303 g/mol. The summed E-state index contributed by atoms with van der Waals surface area (Å²) in [7, 11) is 0. The van der Waals surface area contributed by atoms with Crippen LogP contribution < -0.4 is 5.32 Å². The molecular formula is C18H19ClFN. The molecule has 1 nitrogen and oxygen atoms in total. The van der Waals surface area contributed by atoms with Crippen LogP contribution in [0.5, 0.6) is 0 Å². The molecule has 1 aliphatic carbocycles. The van der Waals surface area contributed by atoms with E-state index in [0.717, 1.165) is 29.8 Å². The minimum atomic E-state index is -0.178. The van der Waals surface area contributed by atoms with Gasteiger partial charge in [-0.2, -0.15) is 0 Å². The average Bonchev–Trinajstić information content (AvgIpc) is 2.82. The molecule has 0 aromatic heterocycles. The van der Waals surface area contributed by atoms with E-state index >= 15 is 0 Å². The summed E-state index contributed by atoms with van der Waals surface area (Å²) in [5.74, 6) is -0.178. The van der Waals surface area contributed by atoms with E-state index in [1.807, 2.05) is 18.2 Å². The van der Waals surface area contributed by atoms with Crippen molar-refractivity contribution in [3.05, 3.63) is 70.0 Å². The number of benzene rings is 2. The van der Waals surface area contributed by atoms with Gasteiger partial charge in [0.25, 0.3) is 0 Å². The van der Waals surface area contributed by atoms with Crippen LogP contribution >= 0.6 is 11.6 Å². The van der Waals surface area contributed by atoms with Crippen molar-refractivity contribution < 1.29 is 4.39 Å². The predicted molar refractivity (Wildman–Crippen MR) is 85.3 cm³/mol. The lowest BCUT2D eigenvalue weighted by molar-refractivity contribution is 0.453. The van der Waals surface area contributed by atoms with Gasteiger partial charge in [0.05, 0.1) is 0 Å². The first kappa shape index (κ1) is 14.6. The van der Waals surface area contributed by atoms with Crippen molar-refractivity contribution >= 4 is 11.6 Å². The van der Waals surface area contributed by atoms with E-state index in [-0.39, 0.29) is 5.82 Å². The molecule has 1 N–H and O–H groups in total. The van der Waals surface area contributed by atoms with Gasteiger partial charge in [0, 0.05) is 17.1 Å². The molecule has 0 radical (unpaired) electrons. The molecule has 0 amide bonds. The van der Waals surface area contributed by atoms with E-state index in [4.69, 9.17) is 11.6 Å². The number of halogens is 2. The van der Waals surface area contributed by atoms with Gasteiger partial charge >= 0.3 is 0 Å². The van der Waals surface area contributed by atoms with Crippen molar-refractivity contribution in [2.75, 3.05) is 0 Å². The van der Waals surface area contributed by atoms with Crippen LogP contribution in [-0.4, -0.2) is 12.1 Å². The van der Waals surface area contributed by atoms with Crippen molar-refractivity contribution in [1.29, 1.82) is 0 Å². The summed E-state index contributed by atoms with van der Waals surface area (Å²) in [5, 5.41) is 4.49. The summed E-state index contributed by atoms with van der Waals surface area (Å²) >= 11 is 6.05. The predicted octanol–water partition coefficient (Wildman–Crippen LogP) is 4.17. The van der Waals surface area contributed by atoms with Gasteiger partial charge in [-0.3, -0.25) is 0 Å². The Morgan fingerprint density at radius 1 is 1.14 bits per heavy atom. The first-order valence-electron chi connectivity index (χ1n) is 7.38. The SMILES string of the molecule is CC(Cc1ccc(F)cc1)NC1Cc2ccc(Cl)cc2C1. The lowest BCUT2D eigenvalue weighted by Gasteiger charge is -2.19. The molecule has 110 valence electrons. The zero-order valence-electron chi connectivity index (χ0n) is 12.1. The van der Waals surface area contributed by atoms with Crippen LogP contribution in [0.1, 0.15) is 23.6 Å². The van der Waals surface area contributed by atoms with Crippen LogP contribution in [0.25, 0.3) is 0 Å². The minimum absolute atomic E-state index is 0.178. The molecule has 2 aromatic carbocycles. The highest BCUT2D eigenvalue weighted by molar-refractivity contribution is 6.30. The molecule has 3 rings (SSSR count). The van der Waals surface area contributed by atoms with Crippen molar-refractivity contribution in [1.82, 2.24) is 5.32 Å². The molecule has 0 saturated heterocycles. The van der Waals surface area contributed by atoms with Crippen LogP contribution in [0, 0.1) is 5.82 Å². The summed E-state index contributed by atoms with van der Waals surface area (Å²) in [4.78, 5) is 0. The quantitative estimate of drug-likeness (QED) is 0.894. The average molecular weight is 304 g/mol. The summed E-state index contributed by atoms with van der Waals surface area (Å²) in [6.07, 6.45) is 3.00. The highest BCUT2D eigenvalue weighted by Gasteiger charge is 2.22. The Morgan fingerprint density at radius 2 is 1.86 bits per heavy atom. The van der Waals surface area contributed by atoms with Crippen molar-refractivity contribution in [3.8, 4) is 0 Å². The van der Waals surface area contributed by atoms with E-state index in [2.05, 4.69) is 24.4 Å². The maximum absolute atomic E-state index is 12.9. The fourth-order valence-corrected chi connectivity index (χ4v) is 3.33. The third kappa shape index (κ3) is 3.63. The van der Waals surface area contributed by atoms with E-state index < -0.39 is 0 Å². The second-order valence-electron chi connectivity index (χ2n) is 5.92. The van der Waals surface area contributed by atoms with Crippen LogP contribution in [0.15, 0.2) is 42.5 Å². The second-order valence-corrected chi connectivity index (χ2v) is 6.35. The Morgan fingerprint density at radius 3 is 2.62 bits per heavy atom. The first-order valence-corrected chi connectivity index (χ1v) is 7.76. The van der Waals surface area contributed by atoms with E-state index in [9.17, 15) is 4.39 Å². The van der Waals surface area contributed by atoms with E-state index in [1.165, 1.54) is 23.3 Å². The zero-order chi connectivity index (χ0) is 14.8. The zero-order valence-corrected chi connectivity index (χ0v) is 12.8. The first-order chi connectivity index (χ1) is 10.1. The van der Waals surface area contributed by atoms with Gasteiger partial charge in [-0.1, -0.05) is 29.8 Å². The lowest BCUT2D eigenvalue weighted by atomic mass is 10.1. The maximum atomic E-state index is 12.9. The molecule has 2 unspecified atom stereocenters. The second kappa shape index (κ2) is 6.17. The molecule has 2 aromatic rings. The molecular weight excluding hydrogens is 285 g/mol. The molecule has 2 atom stereocenters. The Bertz CT molecular complexity index is 624. The van der Waals surface area contributed by atoms with Crippen LogP contribution in [0.2, 0.25) is 5.02 Å². The largest absolute Gasteiger partial charge is 0.311 e. The fraction of sp³-hybridized carbons (Fsp3) is 0.333. The van der Waals surface area contributed by atoms with Crippen LogP contribution in [-0.2, 0) is 19.3 Å². The molecule has 21 heavy (non-hydrogen) atoms. The minimum Gasteiger partial charge on any atom is -0.311 e. The fourth-order valence-electron chi connectivity index (χ4n) is 3.14. The topological polar surface area (TPSA) is 12.0 Å². The summed E-state index contributed by atoms with van der Waals surface area (Å²) in [5.41, 5.74) is 3.91. The Balaban J connectivity index is 1.57. The van der Waals surface area contributed by atoms with E-state index in [0.29, 0.717) is 12.1 Å². The number of fused-ring (bicyclic) bond motifs is 1. The third-order valence-electron chi connectivity index (χ3n) is 4.08. The summed E-state index contributed by atoms with van der Waals surface area (Å²) < 4.78 is 12.9. The summed E-state index contributed by atoms with van der Waals surface area (Å²) in [6.45, 7) is 2.18. The lowest BCUT2D eigenvalue weighted by Crippen LogP contribution is -2.38. The van der Waals surface area contributed by atoms with Gasteiger partial charge in [0.2, 0.25) is 0 Å². The van der Waals surface area contributed by atoms with Crippen molar-refractivity contribution in [2.24, 2.45) is 0 Å². The molecule has 0 fully saturated rings. The van der Waals surface area contributed by atoms with Gasteiger partial charge in [-0.25, -0.2) is 4.39 Å². The van der Waals surface area contributed by atoms with Gasteiger partial charge in [-0.05, 0) is 67.1 Å². The normalized spacial score (nSPS) is 18.5. The highest BCUT2D eigenvalue weighted by atomic mass is 35.5. The number of hydrogen-bond donors (Lipinski definition) is 1. The Hall–Kier alpha value is -1.38. The smallest absolute Gasteiger partial charge is 0.123 e.